The molecule has 5 heteroatoms. The summed E-state index contributed by atoms with van der Waals surface area (Å²) in [5.74, 6) is -1.23. The van der Waals surface area contributed by atoms with Gasteiger partial charge in [0.1, 0.15) is 0 Å². The van der Waals surface area contributed by atoms with E-state index in [2.05, 4.69) is 4.94 Å². The molecule has 0 aromatic rings. The number of rotatable bonds is 2. The average Bonchev–Trinajstić information content (AvgIpc) is 1.85. The predicted octanol–water partition coefficient (Wildman–Crippen LogP) is 1.89. The summed E-state index contributed by atoms with van der Waals surface area (Å²) >= 11 is 4.80. The number of alkyl halides is 2. The Kier molecular flexibility index (Phi) is 3.95. The van der Waals surface area contributed by atoms with Crippen LogP contribution in [-0.2, 0) is 9.74 Å². The Morgan fingerprint density at radius 3 is 2.60 bits per heavy atom. The van der Waals surface area contributed by atoms with Crippen molar-refractivity contribution in [1.29, 1.82) is 0 Å². The van der Waals surface area contributed by atoms with E-state index < -0.39 is 11.6 Å². The van der Waals surface area contributed by atoms with Gasteiger partial charge in [0.2, 0.25) is 0 Å². The molecule has 0 N–H and O–H groups in total. The van der Waals surface area contributed by atoms with Crippen molar-refractivity contribution in [3.63, 3.8) is 0 Å². The summed E-state index contributed by atoms with van der Waals surface area (Å²) in [5.41, 5.74) is -2.00. The first-order valence-electron chi connectivity index (χ1n) is 2.37. The van der Waals surface area contributed by atoms with Crippen LogP contribution in [0.5, 0.6) is 0 Å². The molecule has 0 heterocycles. The van der Waals surface area contributed by atoms with E-state index in [0.717, 1.165) is 6.08 Å². The first-order valence-corrected chi connectivity index (χ1v) is 2.81. The summed E-state index contributed by atoms with van der Waals surface area (Å²) < 4.78 is 22.8. The van der Waals surface area contributed by atoms with E-state index in [0.29, 0.717) is 0 Å². The van der Waals surface area contributed by atoms with Crippen molar-refractivity contribution in [1.82, 2.24) is 0 Å². The van der Waals surface area contributed by atoms with E-state index in [9.17, 15) is 13.7 Å². The number of halogens is 3. The molecule has 0 aromatic heterocycles. The summed E-state index contributed by atoms with van der Waals surface area (Å²) in [5, 5.41) is 0. The average molecular weight is 171 g/mol. The second kappa shape index (κ2) is 4.22. The van der Waals surface area contributed by atoms with Crippen LogP contribution in [0.1, 0.15) is 6.92 Å². The molecule has 1 atom stereocenters. The number of hydrogen-bond donors (Lipinski definition) is 0. The van der Waals surface area contributed by atoms with Crippen LogP contribution in [0.2, 0.25) is 0 Å². The molecule has 0 radical (unpaired) electrons. The molecule has 0 spiro atoms. The summed E-state index contributed by atoms with van der Waals surface area (Å²) in [6, 6.07) is 0. The Morgan fingerprint density at radius 1 is 1.80 bits per heavy atom. The van der Waals surface area contributed by atoms with Crippen molar-refractivity contribution in [3.8, 4) is 0 Å². The fourth-order valence-electron chi connectivity index (χ4n) is 0.318. The van der Waals surface area contributed by atoms with Gasteiger partial charge in [-0.3, -0.25) is 0 Å². The van der Waals surface area contributed by atoms with Crippen LogP contribution >= 0.6 is 11.6 Å². The van der Waals surface area contributed by atoms with Gasteiger partial charge in [-0.15, -0.1) is 0 Å². The maximum Gasteiger partial charge on any atom is 0.375 e. The van der Waals surface area contributed by atoms with Gasteiger partial charge in [0.05, 0.1) is 0 Å². The summed E-state index contributed by atoms with van der Waals surface area (Å²) in [6.45, 7) is 1.19. The first-order chi connectivity index (χ1) is 4.57. The lowest BCUT2D eigenvalue weighted by Gasteiger charge is -1.93. The van der Waals surface area contributed by atoms with Crippen molar-refractivity contribution in [2.24, 2.45) is 0 Å². The lowest BCUT2D eigenvalue weighted by atomic mass is 10.3. The fourth-order valence-corrected chi connectivity index (χ4v) is 0.507. The van der Waals surface area contributed by atoms with Crippen molar-refractivity contribution in [2.75, 3.05) is 0 Å². The van der Waals surface area contributed by atoms with Crippen LogP contribution in [0.25, 0.3) is 0 Å². The molecule has 58 valence electrons. The zero-order chi connectivity index (χ0) is 8.15. The molecule has 0 fully saturated rings. The quantitative estimate of drug-likeness (QED) is 0.467. The third-order valence-corrected chi connectivity index (χ3v) is 0.894. The lowest BCUT2D eigenvalue weighted by molar-refractivity contribution is -0.178. The molecule has 0 amide bonds. The molecule has 0 aliphatic carbocycles. The number of hydrogen-bond acceptors (Lipinski definition) is 2. The highest BCUT2D eigenvalue weighted by Crippen LogP contribution is 2.05. The van der Waals surface area contributed by atoms with Crippen LogP contribution < -0.4 is 0 Å². The van der Waals surface area contributed by atoms with Gasteiger partial charge in [-0.2, -0.15) is 0 Å². The Balaban J connectivity index is 4.05. The lowest BCUT2D eigenvalue weighted by Crippen LogP contribution is -2.00. The third-order valence-electron chi connectivity index (χ3n) is 0.768. The first kappa shape index (κ1) is 9.36. The second-order valence-electron chi connectivity index (χ2n) is 1.55. The van der Waals surface area contributed by atoms with Gasteiger partial charge in [0.25, 0.3) is 0 Å². The maximum atomic E-state index is 11.8. The van der Waals surface area contributed by atoms with Gasteiger partial charge in [-0.05, 0) is 13.0 Å². The summed E-state index contributed by atoms with van der Waals surface area (Å²) in [7, 11) is 0. The van der Waals surface area contributed by atoms with Gasteiger partial charge in [-0.1, -0.05) is 11.6 Å². The van der Waals surface area contributed by atoms with Crippen molar-refractivity contribution < 1.29 is 18.7 Å². The molecule has 0 aliphatic heterocycles. The van der Waals surface area contributed by atoms with Gasteiger partial charge in [0.15, 0.2) is 5.63 Å². The molecular weight excluding hydrogens is 166 g/mol. The Hall–Kier alpha value is -0.640. The Labute approximate surface area is 61.3 Å². The normalized spacial score (nSPS) is 14.6. The minimum atomic E-state index is -1.79. The molecule has 1 unspecified atom stereocenters. The third kappa shape index (κ3) is 3.40. The highest BCUT2D eigenvalue weighted by atomic mass is 35.5. The second-order valence-corrected chi connectivity index (χ2v) is 1.97. The van der Waals surface area contributed by atoms with E-state index in [4.69, 9.17) is 11.6 Å². The largest absolute Gasteiger partial charge is 0.375 e. The zero-order valence-electron chi connectivity index (χ0n) is 5.11. The molecule has 10 heavy (non-hydrogen) atoms. The molecule has 0 bridgehead atoms. The van der Waals surface area contributed by atoms with E-state index in [1.54, 1.807) is 0 Å². The predicted molar refractivity (Wildman–Crippen MR) is 31.7 cm³/mol. The maximum absolute atomic E-state index is 11.8. The monoisotopic (exact) mass is 170 g/mol. The van der Waals surface area contributed by atoms with Gasteiger partial charge < -0.3 is 0 Å². The van der Waals surface area contributed by atoms with Crippen molar-refractivity contribution >= 4 is 17.6 Å². The standard InChI is InChI=1S/C5H5ClF2O2/c1-3(2-4(6)7)5(9)10-8/h2,4H,1H3. The van der Waals surface area contributed by atoms with Crippen LogP contribution in [0.4, 0.5) is 8.92 Å². The Morgan fingerprint density at radius 2 is 2.30 bits per heavy atom. The molecule has 0 rings (SSSR count). The topological polar surface area (TPSA) is 26.3 Å². The van der Waals surface area contributed by atoms with Crippen LogP contribution in [0.3, 0.4) is 0 Å². The Bertz CT molecular complexity index is 156. The van der Waals surface area contributed by atoms with Crippen molar-refractivity contribution in [3.05, 3.63) is 11.6 Å². The van der Waals surface area contributed by atoms with Gasteiger partial charge >= 0.3 is 5.97 Å². The van der Waals surface area contributed by atoms with Gasteiger partial charge in [0, 0.05) is 10.1 Å². The van der Waals surface area contributed by atoms with E-state index in [-0.39, 0.29) is 5.57 Å². The molecule has 0 saturated carbocycles. The molecular formula is C5H5ClF2O2. The van der Waals surface area contributed by atoms with E-state index in [1.807, 2.05) is 0 Å². The molecule has 0 aromatic carbocycles. The van der Waals surface area contributed by atoms with Crippen LogP contribution in [0, 0.1) is 0 Å². The zero-order valence-corrected chi connectivity index (χ0v) is 5.86. The number of carbonyl (C=O) groups is 1. The molecule has 0 aliphatic rings. The smallest absolute Gasteiger partial charge is 0.250 e. The number of carbonyl (C=O) groups excluding carboxylic acids is 1. The SMILES string of the molecule is CC(=CC(F)Cl)C(=O)OF. The summed E-state index contributed by atoms with van der Waals surface area (Å²) in [4.78, 5) is 12.9. The van der Waals surface area contributed by atoms with E-state index in [1.165, 1.54) is 6.92 Å². The van der Waals surface area contributed by atoms with Crippen molar-refractivity contribution in [2.45, 2.75) is 12.6 Å². The number of allylic oxidation sites excluding steroid dienone is 1. The fraction of sp³-hybridized carbons (Fsp3) is 0.400. The van der Waals surface area contributed by atoms with Crippen LogP contribution in [-0.4, -0.2) is 11.6 Å². The van der Waals surface area contributed by atoms with Gasteiger partial charge in [-0.25, -0.2) is 14.1 Å². The highest BCUT2D eigenvalue weighted by molar-refractivity contribution is 6.21. The minimum absolute atomic E-state index is 0.204. The van der Waals surface area contributed by atoms with Crippen LogP contribution in [0.15, 0.2) is 11.6 Å². The molecule has 0 saturated heterocycles. The highest BCUT2D eigenvalue weighted by Gasteiger charge is 2.07. The summed E-state index contributed by atoms with van der Waals surface area (Å²) in [6.07, 6.45) is 0.740. The minimum Gasteiger partial charge on any atom is -0.250 e. The molecule has 2 nitrogen and oxygen atoms in total. The van der Waals surface area contributed by atoms with E-state index >= 15 is 0 Å².